The zero-order valence-electron chi connectivity index (χ0n) is 14.1. The first-order valence-corrected chi connectivity index (χ1v) is 9.98. The summed E-state index contributed by atoms with van der Waals surface area (Å²) in [5.41, 5.74) is -0.379. The van der Waals surface area contributed by atoms with E-state index < -0.39 is 23.7 Å². The molecule has 25 heavy (non-hydrogen) atoms. The van der Waals surface area contributed by atoms with Gasteiger partial charge in [0.2, 0.25) is 0 Å². The first-order valence-electron chi connectivity index (χ1n) is 9.10. The number of fused-ring (bicyclic) bond motifs is 2. The molecule has 1 aromatic rings. The van der Waals surface area contributed by atoms with Crippen molar-refractivity contribution in [3.8, 4) is 0 Å². The molecule has 3 bridgehead atoms. The predicted molar refractivity (Wildman–Crippen MR) is 93.4 cm³/mol. The molecule has 6 heteroatoms. The van der Waals surface area contributed by atoms with Gasteiger partial charge in [0.25, 0.3) is 11.7 Å². The molecule has 5 nitrogen and oxygen atoms in total. The number of rotatable bonds is 5. The smallest absolute Gasteiger partial charge is 0.326 e. The Morgan fingerprint density at radius 3 is 2.72 bits per heavy atom. The highest BCUT2D eigenvalue weighted by atomic mass is 32.1. The largest absolute Gasteiger partial charge is 0.480 e. The molecule has 3 aliphatic carbocycles. The summed E-state index contributed by atoms with van der Waals surface area (Å²) in [4.78, 5) is 37.0. The number of Topliss-reactive ketones (excluding diaryl/α,β-unsaturated/α-hetero) is 1. The lowest BCUT2D eigenvalue weighted by Gasteiger charge is -2.42. The lowest BCUT2D eigenvalue weighted by Crippen LogP contribution is -2.54. The number of thiophene rings is 1. The molecule has 1 aromatic heterocycles. The first-order chi connectivity index (χ1) is 12.0. The third-order valence-corrected chi connectivity index (χ3v) is 7.48. The quantitative estimate of drug-likeness (QED) is 0.623. The number of carbonyl (C=O) groups is 3. The van der Waals surface area contributed by atoms with E-state index in [-0.39, 0.29) is 5.41 Å². The number of carbonyl (C=O) groups excluding carboxylic acids is 2. The Bertz CT molecular complexity index is 696. The van der Waals surface area contributed by atoms with Gasteiger partial charge in [-0.1, -0.05) is 25.3 Å². The fourth-order valence-corrected chi connectivity index (χ4v) is 6.42. The Morgan fingerprint density at radius 2 is 2.00 bits per heavy atom. The molecule has 0 radical (unpaired) electrons. The summed E-state index contributed by atoms with van der Waals surface area (Å²) in [6, 6.07) is 2.34. The van der Waals surface area contributed by atoms with E-state index in [9.17, 15) is 19.5 Å². The molecule has 5 atom stereocenters. The van der Waals surface area contributed by atoms with Crippen LogP contribution in [0.5, 0.6) is 0 Å². The first kappa shape index (κ1) is 16.8. The van der Waals surface area contributed by atoms with Crippen molar-refractivity contribution in [3.63, 3.8) is 0 Å². The molecule has 0 spiro atoms. The standard InChI is InChI=1S/C19H23NO4S/c21-15(14-5-2-6-25-14)17(22)20-16(18(23)24)19-8-11-3-1-4-12(9-19)13(7-11)10-19/h2,5-6,11-13,16H,1,3-4,7-10H2,(H,20,22)(H,23,24). The van der Waals surface area contributed by atoms with Crippen molar-refractivity contribution in [1.82, 2.24) is 5.32 Å². The van der Waals surface area contributed by atoms with Gasteiger partial charge in [-0.05, 0) is 54.9 Å². The van der Waals surface area contributed by atoms with E-state index in [1.807, 2.05) is 0 Å². The van der Waals surface area contributed by atoms with Crippen molar-refractivity contribution in [3.05, 3.63) is 22.4 Å². The summed E-state index contributed by atoms with van der Waals surface area (Å²) < 4.78 is 0. The maximum Gasteiger partial charge on any atom is 0.326 e. The molecular weight excluding hydrogens is 338 g/mol. The van der Waals surface area contributed by atoms with Crippen LogP contribution in [0.2, 0.25) is 0 Å². The van der Waals surface area contributed by atoms with E-state index in [2.05, 4.69) is 5.32 Å². The monoisotopic (exact) mass is 361 g/mol. The van der Waals surface area contributed by atoms with Crippen LogP contribution >= 0.6 is 11.3 Å². The fourth-order valence-electron chi connectivity index (χ4n) is 5.76. The third kappa shape index (κ3) is 2.90. The van der Waals surface area contributed by atoms with Crippen LogP contribution in [0.1, 0.15) is 54.6 Å². The molecule has 1 amide bonds. The number of amides is 1. The van der Waals surface area contributed by atoms with Crippen molar-refractivity contribution >= 4 is 29.0 Å². The second-order valence-corrected chi connectivity index (χ2v) is 9.03. The Hall–Kier alpha value is -1.69. The van der Waals surface area contributed by atoms with E-state index in [1.165, 1.54) is 37.0 Å². The molecule has 2 N–H and O–H groups in total. The van der Waals surface area contributed by atoms with Crippen LogP contribution in [0.25, 0.3) is 0 Å². The highest BCUT2D eigenvalue weighted by Gasteiger charge is 2.57. The predicted octanol–water partition coefficient (Wildman–Crippen LogP) is 3.11. The molecule has 3 aliphatic rings. The minimum absolute atomic E-state index is 0.351. The summed E-state index contributed by atoms with van der Waals surface area (Å²) in [6.45, 7) is 0. The summed E-state index contributed by atoms with van der Waals surface area (Å²) in [5.74, 6) is -0.690. The average molecular weight is 361 g/mol. The Kier molecular flexibility index (Phi) is 4.18. The van der Waals surface area contributed by atoms with E-state index in [4.69, 9.17) is 0 Å². The van der Waals surface area contributed by atoms with Gasteiger partial charge in [0, 0.05) is 5.41 Å². The minimum atomic E-state index is -1.01. The van der Waals surface area contributed by atoms with Gasteiger partial charge >= 0.3 is 5.97 Å². The number of hydrogen-bond donors (Lipinski definition) is 2. The van der Waals surface area contributed by atoms with Gasteiger partial charge < -0.3 is 10.4 Å². The average Bonchev–Trinajstić information content (AvgIpc) is 3.15. The molecule has 134 valence electrons. The Balaban J connectivity index is 1.57. The number of aliphatic carboxylic acids is 1. The maximum atomic E-state index is 12.4. The second kappa shape index (κ2) is 6.24. The van der Waals surface area contributed by atoms with Gasteiger partial charge in [-0.25, -0.2) is 4.79 Å². The van der Waals surface area contributed by atoms with Crippen molar-refractivity contribution < 1.29 is 19.5 Å². The second-order valence-electron chi connectivity index (χ2n) is 8.08. The lowest BCUT2D eigenvalue weighted by atomic mass is 9.65. The lowest BCUT2D eigenvalue weighted by molar-refractivity contribution is -0.146. The Labute approximate surface area is 150 Å². The molecular formula is C19H23NO4S. The maximum absolute atomic E-state index is 12.4. The minimum Gasteiger partial charge on any atom is -0.480 e. The number of nitrogens with one attached hydrogen (secondary N) is 1. The number of carboxylic acids is 1. The van der Waals surface area contributed by atoms with Crippen LogP contribution in [0.3, 0.4) is 0 Å². The number of carboxylic acid groups (broad SMARTS) is 1. The van der Waals surface area contributed by atoms with E-state index in [0.29, 0.717) is 22.6 Å². The Morgan fingerprint density at radius 1 is 1.20 bits per heavy atom. The highest BCUT2D eigenvalue weighted by Crippen LogP contribution is 2.61. The van der Waals surface area contributed by atoms with Crippen LogP contribution in [-0.2, 0) is 9.59 Å². The van der Waals surface area contributed by atoms with Crippen molar-refractivity contribution in [2.24, 2.45) is 23.2 Å². The molecule has 3 saturated carbocycles. The van der Waals surface area contributed by atoms with Gasteiger partial charge in [-0.3, -0.25) is 9.59 Å². The number of ketones is 1. The molecule has 4 rings (SSSR count). The zero-order chi connectivity index (χ0) is 17.6. The molecule has 0 aromatic carbocycles. The zero-order valence-corrected chi connectivity index (χ0v) is 14.9. The van der Waals surface area contributed by atoms with E-state index in [1.54, 1.807) is 17.5 Å². The van der Waals surface area contributed by atoms with Crippen LogP contribution in [0, 0.1) is 23.2 Å². The molecule has 1 heterocycles. The molecule has 5 unspecified atom stereocenters. The SMILES string of the molecule is O=C(NC(C(=O)O)C12CC3CCCC(C1)C(C3)C2)C(=O)c1cccs1. The molecule has 0 aliphatic heterocycles. The van der Waals surface area contributed by atoms with Crippen LogP contribution < -0.4 is 5.32 Å². The van der Waals surface area contributed by atoms with Gasteiger partial charge in [0.05, 0.1) is 4.88 Å². The van der Waals surface area contributed by atoms with Gasteiger partial charge in [-0.15, -0.1) is 11.3 Å². The molecule has 3 fully saturated rings. The van der Waals surface area contributed by atoms with Crippen molar-refractivity contribution in [2.45, 2.75) is 51.0 Å². The van der Waals surface area contributed by atoms with Gasteiger partial charge in [0.1, 0.15) is 6.04 Å². The summed E-state index contributed by atoms with van der Waals surface area (Å²) in [5, 5.41) is 14.2. The van der Waals surface area contributed by atoms with Crippen molar-refractivity contribution in [2.75, 3.05) is 0 Å². The molecule has 0 saturated heterocycles. The fraction of sp³-hybridized carbons (Fsp3) is 0.632. The number of hydrogen-bond acceptors (Lipinski definition) is 4. The van der Waals surface area contributed by atoms with Gasteiger partial charge in [0.15, 0.2) is 0 Å². The third-order valence-electron chi connectivity index (χ3n) is 6.61. The van der Waals surface area contributed by atoms with E-state index in [0.717, 1.165) is 19.3 Å². The topological polar surface area (TPSA) is 83.5 Å². The highest BCUT2D eigenvalue weighted by molar-refractivity contribution is 7.13. The van der Waals surface area contributed by atoms with Crippen molar-refractivity contribution in [1.29, 1.82) is 0 Å². The summed E-state index contributed by atoms with van der Waals surface area (Å²) >= 11 is 1.20. The summed E-state index contributed by atoms with van der Waals surface area (Å²) in [6.07, 6.45) is 7.41. The summed E-state index contributed by atoms with van der Waals surface area (Å²) in [7, 11) is 0. The normalized spacial score (nSPS) is 34.3. The van der Waals surface area contributed by atoms with Gasteiger partial charge in [-0.2, -0.15) is 0 Å². The van der Waals surface area contributed by atoms with Crippen LogP contribution in [0.4, 0.5) is 0 Å². The van der Waals surface area contributed by atoms with Crippen LogP contribution in [-0.4, -0.2) is 28.8 Å². The van der Waals surface area contributed by atoms with E-state index >= 15 is 0 Å². The van der Waals surface area contributed by atoms with Crippen LogP contribution in [0.15, 0.2) is 17.5 Å².